The zero-order valence-electron chi connectivity index (χ0n) is 14.2. The monoisotopic (exact) mass is 397 g/mol. The number of methoxy groups -OCH3 is 1. The summed E-state index contributed by atoms with van der Waals surface area (Å²) in [6.07, 6.45) is 7.20. The molecular weight excluding hydrogens is 370 g/mol. The van der Waals surface area contributed by atoms with Gasteiger partial charge in [-0.25, -0.2) is 0 Å². The maximum Gasteiger partial charge on any atom is 0.261 e. The van der Waals surface area contributed by atoms with E-state index in [1.54, 1.807) is 7.11 Å². The van der Waals surface area contributed by atoms with Crippen molar-refractivity contribution in [2.75, 3.05) is 37.1 Å². The van der Waals surface area contributed by atoms with E-state index in [4.69, 9.17) is 4.74 Å². The third kappa shape index (κ3) is 4.76. The predicted octanol–water partition coefficient (Wildman–Crippen LogP) is 4.08. The first kappa shape index (κ1) is 20.1. The number of carbonyl (C=O) groups excluding carboxylic acids is 1. The fourth-order valence-electron chi connectivity index (χ4n) is 3.31. The summed E-state index contributed by atoms with van der Waals surface area (Å²) in [4.78, 5) is 12.5. The largest absolute Gasteiger partial charge is 0.497 e. The van der Waals surface area contributed by atoms with Crippen LogP contribution in [0.15, 0.2) is 12.1 Å². The Bertz CT molecular complexity index is 504. The minimum atomic E-state index is -1.00. The average molecular weight is 397 g/mol. The van der Waals surface area contributed by atoms with Crippen molar-refractivity contribution in [2.45, 2.75) is 33.6 Å². The molecule has 1 aromatic rings. The summed E-state index contributed by atoms with van der Waals surface area (Å²) in [7, 11) is 0.666. The van der Waals surface area contributed by atoms with E-state index >= 15 is 0 Å². The van der Waals surface area contributed by atoms with Gasteiger partial charge < -0.3 is 10.1 Å². The number of hydrogen-bond donors (Lipinski definition) is 1. The van der Waals surface area contributed by atoms with Crippen LogP contribution in [0, 0.1) is 13.8 Å². The molecule has 0 spiro atoms. The number of anilines is 1. The fourth-order valence-corrected chi connectivity index (χ4v) is 7.19. The molecule has 1 aliphatic rings. The molecule has 1 heterocycles. The van der Waals surface area contributed by atoms with Gasteiger partial charge in [-0.15, -0.1) is 0 Å². The standard InChI is InChI=1S/C17H26NO2P.Y/c1-5-21(8-6-7-9-21)12-16(19)18-17-13(2)10-15(20-4)11-14(17)3;/h10-11H,5-9,12H2,1-4H3;/p+1. The summed E-state index contributed by atoms with van der Waals surface area (Å²) in [5, 5.41) is 3.15. The molecule has 0 unspecified atom stereocenters. The number of ether oxygens (including phenoxy) is 1. The Morgan fingerprint density at radius 2 is 1.77 bits per heavy atom. The van der Waals surface area contributed by atoms with Crippen LogP contribution in [0.4, 0.5) is 5.69 Å². The van der Waals surface area contributed by atoms with Crippen molar-refractivity contribution in [1.29, 1.82) is 0 Å². The summed E-state index contributed by atoms with van der Waals surface area (Å²) in [5.41, 5.74) is 3.08. The van der Waals surface area contributed by atoms with Crippen LogP contribution >= 0.6 is 7.26 Å². The number of rotatable bonds is 5. The smallest absolute Gasteiger partial charge is 0.261 e. The van der Waals surface area contributed by atoms with Crippen LogP contribution in [0.25, 0.3) is 0 Å². The van der Waals surface area contributed by atoms with Crippen LogP contribution in [0.3, 0.4) is 0 Å². The minimum absolute atomic E-state index is 0. The fraction of sp³-hybridized carbons (Fsp3) is 0.588. The van der Waals surface area contributed by atoms with E-state index in [0.29, 0.717) is 0 Å². The Morgan fingerprint density at radius 3 is 2.23 bits per heavy atom. The maximum absolute atomic E-state index is 12.5. The molecule has 5 heteroatoms. The van der Waals surface area contributed by atoms with Crippen LogP contribution in [0.1, 0.15) is 30.9 Å². The Hall–Kier alpha value is 0.0239. The SMILES string of the molecule is CC[P+]1(CC(=O)Nc2c(C)cc(OC)cc2C)CCCC1.[Y]. The second-order valence-corrected chi connectivity index (χ2v) is 10.7. The van der Waals surface area contributed by atoms with E-state index in [2.05, 4.69) is 12.2 Å². The third-order valence-corrected chi connectivity index (χ3v) is 9.50. The van der Waals surface area contributed by atoms with E-state index in [9.17, 15) is 4.79 Å². The van der Waals surface area contributed by atoms with Gasteiger partial charge in [0.05, 0.1) is 25.6 Å². The molecule has 1 amide bonds. The van der Waals surface area contributed by atoms with Gasteiger partial charge in [-0.1, -0.05) is 0 Å². The number of carbonyl (C=O) groups is 1. The van der Waals surface area contributed by atoms with Gasteiger partial charge >= 0.3 is 0 Å². The van der Waals surface area contributed by atoms with Crippen LogP contribution in [0.5, 0.6) is 5.75 Å². The second-order valence-electron chi connectivity index (χ2n) is 6.15. The Kier molecular flexibility index (Phi) is 7.99. The van der Waals surface area contributed by atoms with Crippen molar-refractivity contribution in [2.24, 2.45) is 0 Å². The number of hydrogen-bond acceptors (Lipinski definition) is 2. The van der Waals surface area contributed by atoms with Crippen molar-refractivity contribution in [3.05, 3.63) is 23.3 Å². The van der Waals surface area contributed by atoms with E-state index in [1.165, 1.54) is 31.3 Å². The zero-order valence-corrected chi connectivity index (χ0v) is 18.0. The van der Waals surface area contributed by atoms with E-state index in [0.717, 1.165) is 28.7 Å². The van der Waals surface area contributed by atoms with Crippen LogP contribution in [-0.4, -0.2) is 37.7 Å². The molecule has 1 saturated heterocycles. The summed E-state index contributed by atoms with van der Waals surface area (Å²) in [6, 6.07) is 3.95. The second kappa shape index (κ2) is 8.76. The molecule has 2 rings (SSSR count). The van der Waals surface area contributed by atoms with Crippen molar-refractivity contribution in [3.63, 3.8) is 0 Å². The molecule has 1 aliphatic heterocycles. The van der Waals surface area contributed by atoms with Gasteiger partial charge in [-0.05, 0) is 56.9 Å². The Balaban J connectivity index is 0.00000242. The van der Waals surface area contributed by atoms with Crippen molar-refractivity contribution in [3.8, 4) is 5.75 Å². The molecule has 0 atom stereocenters. The number of aryl methyl sites for hydroxylation is 2. The van der Waals surface area contributed by atoms with Crippen LogP contribution in [-0.2, 0) is 37.5 Å². The molecule has 0 aromatic heterocycles. The molecule has 1 aromatic carbocycles. The summed E-state index contributed by atoms with van der Waals surface area (Å²) < 4.78 is 5.27. The summed E-state index contributed by atoms with van der Waals surface area (Å²) in [5.74, 6) is 1.04. The van der Waals surface area contributed by atoms with Crippen molar-refractivity contribution >= 4 is 18.9 Å². The number of benzene rings is 1. The van der Waals surface area contributed by atoms with Crippen molar-refractivity contribution in [1.82, 2.24) is 0 Å². The van der Waals surface area contributed by atoms with Crippen molar-refractivity contribution < 1.29 is 42.2 Å². The number of nitrogens with one attached hydrogen (secondary N) is 1. The zero-order chi connectivity index (χ0) is 15.5. The summed E-state index contributed by atoms with van der Waals surface area (Å²) >= 11 is 0. The molecule has 119 valence electrons. The molecule has 1 radical (unpaired) electrons. The maximum atomic E-state index is 12.5. The third-order valence-electron chi connectivity index (χ3n) is 4.67. The Morgan fingerprint density at radius 1 is 1.23 bits per heavy atom. The first-order valence-electron chi connectivity index (χ1n) is 7.80. The summed E-state index contributed by atoms with van der Waals surface area (Å²) in [6.45, 7) is 6.30. The van der Waals surface area contributed by atoms with Gasteiger partial charge in [0.2, 0.25) is 0 Å². The molecule has 22 heavy (non-hydrogen) atoms. The minimum Gasteiger partial charge on any atom is -0.497 e. The van der Waals surface area contributed by atoms with Gasteiger partial charge in [0, 0.05) is 45.7 Å². The number of amides is 1. The normalized spacial score (nSPS) is 16.0. The van der Waals surface area contributed by atoms with Crippen LogP contribution < -0.4 is 10.1 Å². The van der Waals surface area contributed by atoms with Gasteiger partial charge in [0.15, 0.2) is 0 Å². The predicted molar refractivity (Wildman–Crippen MR) is 92.4 cm³/mol. The molecule has 0 saturated carbocycles. The van der Waals surface area contributed by atoms with E-state index < -0.39 is 7.26 Å². The van der Waals surface area contributed by atoms with E-state index in [-0.39, 0.29) is 38.6 Å². The van der Waals surface area contributed by atoms with Gasteiger partial charge in [0.1, 0.15) is 11.9 Å². The first-order valence-corrected chi connectivity index (χ1v) is 10.3. The van der Waals surface area contributed by atoms with Crippen LogP contribution in [0.2, 0.25) is 0 Å². The first-order chi connectivity index (χ1) is 9.99. The quantitative estimate of drug-likeness (QED) is 0.761. The average Bonchev–Trinajstić information content (AvgIpc) is 2.91. The Labute approximate surface area is 160 Å². The van der Waals surface area contributed by atoms with Gasteiger partial charge in [-0.2, -0.15) is 0 Å². The molecule has 1 N–H and O–H groups in total. The molecule has 0 aliphatic carbocycles. The molecule has 0 bridgehead atoms. The molecule has 1 fully saturated rings. The topological polar surface area (TPSA) is 38.3 Å². The van der Waals surface area contributed by atoms with E-state index in [1.807, 2.05) is 26.0 Å². The van der Waals surface area contributed by atoms with Gasteiger partial charge in [0.25, 0.3) is 5.91 Å². The van der Waals surface area contributed by atoms with Gasteiger partial charge in [-0.3, -0.25) is 4.79 Å². The molecule has 3 nitrogen and oxygen atoms in total. The molecular formula is C17H27NO2PY+.